The van der Waals surface area contributed by atoms with Gasteiger partial charge in [-0.15, -0.1) is 5.10 Å². The normalized spacial score (nSPS) is 22.8. The van der Waals surface area contributed by atoms with Gasteiger partial charge in [-0.05, 0) is 56.4 Å². The van der Waals surface area contributed by atoms with Crippen molar-refractivity contribution < 1.29 is 0 Å². The average molecular weight is 363 g/mol. The molecule has 0 amide bonds. The highest BCUT2D eigenvalue weighted by Crippen LogP contribution is 2.31. The number of rotatable bonds is 5. The predicted molar refractivity (Wildman–Crippen MR) is 105 cm³/mol. The van der Waals surface area contributed by atoms with Gasteiger partial charge < -0.3 is 0 Å². The van der Waals surface area contributed by atoms with Crippen LogP contribution in [0.3, 0.4) is 0 Å². The fourth-order valence-electron chi connectivity index (χ4n) is 4.60. The molecule has 2 aliphatic rings. The van der Waals surface area contributed by atoms with Crippen LogP contribution in [0.2, 0.25) is 0 Å². The molecule has 1 atom stereocenters. The molecular weight excluding hydrogens is 324 g/mol. The monoisotopic (exact) mass is 362 g/mol. The van der Waals surface area contributed by atoms with Crippen molar-refractivity contribution in [1.29, 1.82) is 0 Å². The molecule has 0 N–H and O–H groups in total. The first-order valence-electron chi connectivity index (χ1n) is 10.6. The van der Waals surface area contributed by atoms with Crippen LogP contribution in [0.5, 0.6) is 0 Å². The van der Waals surface area contributed by atoms with E-state index in [2.05, 4.69) is 59.9 Å². The van der Waals surface area contributed by atoms with Crippen molar-refractivity contribution >= 4 is 0 Å². The van der Waals surface area contributed by atoms with Crippen molar-refractivity contribution in [3.63, 3.8) is 0 Å². The van der Waals surface area contributed by atoms with Crippen molar-refractivity contribution in [1.82, 2.24) is 30.0 Å². The lowest BCUT2D eigenvalue weighted by Crippen LogP contribution is -2.52. The molecule has 1 saturated carbocycles. The van der Waals surface area contributed by atoms with E-state index in [1.807, 2.05) is 4.68 Å². The summed E-state index contributed by atoms with van der Waals surface area (Å²) in [5.41, 5.74) is -0.0853. The van der Waals surface area contributed by atoms with Gasteiger partial charge in [-0.25, -0.2) is 4.68 Å². The summed E-state index contributed by atoms with van der Waals surface area (Å²) in [6.45, 7) is 15.8. The smallest absolute Gasteiger partial charge is 0.168 e. The molecule has 2 heterocycles. The molecule has 1 aromatic heterocycles. The Hall–Kier alpha value is -1.01. The first-order valence-corrected chi connectivity index (χ1v) is 10.6. The minimum atomic E-state index is -0.0853. The number of hydrogen-bond donors (Lipinski definition) is 0. The van der Waals surface area contributed by atoms with Crippen molar-refractivity contribution in [2.75, 3.05) is 26.2 Å². The van der Waals surface area contributed by atoms with Gasteiger partial charge in [0.1, 0.15) is 0 Å². The third kappa shape index (κ3) is 4.63. The second-order valence-electron chi connectivity index (χ2n) is 9.63. The van der Waals surface area contributed by atoms with Crippen molar-refractivity contribution in [2.45, 2.75) is 90.8 Å². The summed E-state index contributed by atoms with van der Waals surface area (Å²) in [5, 5.41) is 12.8. The molecule has 0 bridgehead atoms. The van der Waals surface area contributed by atoms with E-state index < -0.39 is 0 Å². The topological polar surface area (TPSA) is 50.1 Å². The SMILES string of the molecule is CC(C)C[C@H](c1nnnn1C(C)(C)C)N1CCN(C2CCCCC2)CC1. The van der Waals surface area contributed by atoms with E-state index >= 15 is 0 Å². The molecule has 0 radical (unpaired) electrons. The molecule has 148 valence electrons. The van der Waals surface area contributed by atoms with Gasteiger partial charge in [0.2, 0.25) is 0 Å². The van der Waals surface area contributed by atoms with E-state index in [0.29, 0.717) is 12.0 Å². The Morgan fingerprint density at radius 2 is 1.65 bits per heavy atom. The average Bonchev–Trinajstić information content (AvgIpc) is 3.10. The molecule has 1 aromatic rings. The zero-order valence-electron chi connectivity index (χ0n) is 17.5. The fraction of sp³-hybridized carbons (Fsp3) is 0.950. The van der Waals surface area contributed by atoms with Crippen LogP contribution in [0.25, 0.3) is 0 Å². The van der Waals surface area contributed by atoms with Crippen LogP contribution >= 0.6 is 0 Å². The number of nitrogens with zero attached hydrogens (tertiary/aromatic N) is 6. The lowest BCUT2D eigenvalue weighted by atomic mass is 9.93. The molecule has 0 spiro atoms. The van der Waals surface area contributed by atoms with E-state index in [1.54, 1.807) is 0 Å². The maximum atomic E-state index is 4.47. The number of tetrazole rings is 1. The molecule has 1 aliphatic heterocycles. The van der Waals surface area contributed by atoms with E-state index in [0.717, 1.165) is 31.4 Å². The third-order valence-corrected chi connectivity index (χ3v) is 6.00. The van der Waals surface area contributed by atoms with Crippen molar-refractivity contribution in [3.8, 4) is 0 Å². The molecule has 6 nitrogen and oxygen atoms in total. The first-order chi connectivity index (χ1) is 12.4. The zero-order valence-corrected chi connectivity index (χ0v) is 17.5. The summed E-state index contributed by atoms with van der Waals surface area (Å²) in [4.78, 5) is 5.38. The Balaban J connectivity index is 1.70. The predicted octanol–water partition coefficient (Wildman–Crippen LogP) is 3.47. The van der Waals surface area contributed by atoms with Gasteiger partial charge >= 0.3 is 0 Å². The minimum Gasteiger partial charge on any atom is -0.298 e. The number of aromatic nitrogens is 4. The summed E-state index contributed by atoms with van der Waals surface area (Å²) in [7, 11) is 0. The Morgan fingerprint density at radius 1 is 1.00 bits per heavy atom. The Labute approximate surface area is 159 Å². The van der Waals surface area contributed by atoms with Gasteiger partial charge in [0.15, 0.2) is 5.82 Å². The fourth-order valence-corrected chi connectivity index (χ4v) is 4.60. The largest absolute Gasteiger partial charge is 0.298 e. The zero-order chi connectivity index (χ0) is 18.7. The first kappa shape index (κ1) is 19.7. The quantitative estimate of drug-likeness (QED) is 0.803. The van der Waals surface area contributed by atoms with Gasteiger partial charge in [-0.2, -0.15) is 0 Å². The van der Waals surface area contributed by atoms with Gasteiger partial charge in [-0.3, -0.25) is 9.80 Å². The van der Waals surface area contributed by atoms with E-state index in [1.165, 1.54) is 45.2 Å². The number of piperazine rings is 1. The van der Waals surface area contributed by atoms with E-state index in [4.69, 9.17) is 0 Å². The van der Waals surface area contributed by atoms with Crippen LogP contribution in [0, 0.1) is 5.92 Å². The molecule has 1 aliphatic carbocycles. The second-order valence-corrected chi connectivity index (χ2v) is 9.63. The van der Waals surface area contributed by atoms with Gasteiger partial charge in [0, 0.05) is 32.2 Å². The highest BCUT2D eigenvalue weighted by molar-refractivity contribution is 4.98. The maximum absolute atomic E-state index is 4.47. The van der Waals surface area contributed by atoms with Gasteiger partial charge in [0.25, 0.3) is 0 Å². The van der Waals surface area contributed by atoms with Crippen LogP contribution in [0.4, 0.5) is 0 Å². The molecule has 2 fully saturated rings. The molecular formula is C20H38N6. The molecule has 0 aromatic carbocycles. The summed E-state index contributed by atoms with van der Waals surface area (Å²) in [6.07, 6.45) is 8.18. The Kier molecular flexibility index (Phi) is 6.33. The van der Waals surface area contributed by atoms with Crippen molar-refractivity contribution in [2.24, 2.45) is 5.92 Å². The molecule has 26 heavy (non-hydrogen) atoms. The van der Waals surface area contributed by atoms with Gasteiger partial charge in [-0.1, -0.05) is 33.1 Å². The van der Waals surface area contributed by atoms with E-state index in [-0.39, 0.29) is 5.54 Å². The van der Waals surface area contributed by atoms with Crippen LogP contribution < -0.4 is 0 Å². The Morgan fingerprint density at radius 3 is 2.23 bits per heavy atom. The summed E-state index contributed by atoms with van der Waals surface area (Å²) in [5.74, 6) is 1.67. The van der Waals surface area contributed by atoms with Crippen LogP contribution in [-0.4, -0.2) is 62.2 Å². The minimum absolute atomic E-state index is 0.0853. The van der Waals surface area contributed by atoms with Crippen LogP contribution in [-0.2, 0) is 5.54 Å². The molecule has 3 rings (SSSR count). The van der Waals surface area contributed by atoms with Crippen molar-refractivity contribution in [3.05, 3.63) is 5.82 Å². The lowest BCUT2D eigenvalue weighted by molar-refractivity contribution is 0.0454. The highest BCUT2D eigenvalue weighted by atomic mass is 15.6. The molecule has 6 heteroatoms. The summed E-state index contributed by atoms with van der Waals surface area (Å²) < 4.78 is 2.04. The highest BCUT2D eigenvalue weighted by Gasteiger charge is 2.33. The lowest BCUT2D eigenvalue weighted by Gasteiger charge is -2.43. The Bertz CT molecular complexity index is 547. The summed E-state index contributed by atoms with van der Waals surface area (Å²) in [6, 6.07) is 1.15. The van der Waals surface area contributed by atoms with Crippen LogP contribution in [0.1, 0.15) is 85.0 Å². The van der Waals surface area contributed by atoms with Crippen LogP contribution in [0.15, 0.2) is 0 Å². The van der Waals surface area contributed by atoms with E-state index in [9.17, 15) is 0 Å². The summed E-state index contributed by atoms with van der Waals surface area (Å²) >= 11 is 0. The number of hydrogen-bond acceptors (Lipinski definition) is 5. The van der Waals surface area contributed by atoms with Gasteiger partial charge in [0.05, 0.1) is 11.6 Å². The standard InChI is InChI=1S/C20H38N6/c1-16(2)15-18(19-21-22-23-26(19)20(3,4)5)25-13-11-24(12-14-25)17-9-7-6-8-10-17/h16-18H,6-15H2,1-5H3/t18-/m1/s1. The second kappa shape index (κ2) is 8.34. The molecule has 1 saturated heterocycles. The third-order valence-electron chi connectivity index (χ3n) is 6.00. The maximum Gasteiger partial charge on any atom is 0.168 e. The molecule has 0 unspecified atom stereocenters.